The summed E-state index contributed by atoms with van der Waals surface area (Å²) in [5.74, 6) is 0.593. The molecule has 0 saturated carbocycles. The molecule has 0 aliphatic heterocycles. The summed E-state index contributed by atoms with van der Waals surface area (Å²) < 4.78 is 0. The van der Waals surface area contributed by atoms with Crippen LogP contribution < -0.4 is 11.1 Å². The van der Waals surface area contributed by atoms with E-state index >= 15 is 0 Å². The van der Waals surface area contributed by atoms with Gasteiger partial charge in [-0.2, -0.15) is 4.98 Å². The Labute approximate surface area is 88.9 Å². The fourth-order valence-electron chi connectivity index (χ4n) is 0.998. The van der Waals surface area contributed by atoms with E-state index in [1.165, 1.54) is 0 Å². The average molecular weight is 215 g/mol. The Morgan fingerprint density at radius 1 is 1.29 bits per heavy atom. The lowest BCUT2D eigenvalue weighted by Gasteiger charge is -2.22. The number of nitrogen functional groups attached to an aromatic ring is 1. The lowest BCUT2D eigenvalue weighted by atomic mass is 10.1. The van der Waals surface area contributed by atoms with Crippen LogP contribution >= 0.6 is 11.6 Å². The molecule has 0 fully saturated rings. The molecule has 3 N–H and O–H groups in total. The number of hydrogen-bond acceptors (Lipinski definition) is 4. The van der Waals surface area contributed by atoms with E-state index in [9.17, 15) is 0 Å². The molecule has 0 atom stereocenters. The molecule has 0 saturated heterocycles. The normalized spacial score (nSPS) is 11.5. The molecule has 1 rings (SSSR count). The van der Waals surface area contributed by atoms with Crippen molar-refractivity contribution in [3.05, 3.63) is 11.0 Å². The van der Waals surface area contributed by atoms with Crippen LogP contribution in [0.25, 0.3) is 0 Å². The van der Waals surface area contributed by atoms with Crippen LogP contribution in [-0.2, 0) is 0 Å². The first-order valence-corrected chi connectivity index (χ1v) is 4.75. The van der Waals surface area contributed by atoms with E-state index in [-0.39, 0.29) is 10.8 Å². The first kappa shape index (κ1) is 11.0. The van der Waals surface area contributed by atoms with Crippen LogP contribution in [0.3, 0.4) is 0 Å². The number of aromatic nitrogens is 2. The summed E-state index contributed by atoms with van der Waals surface area (Å²) in [5.41, 5.74) is 6.95. The Hall–Kier alpha value is -1.03. The highest BCUT2D eigenvalue weighted by Crippen LogP contribution is 2.23. The van der Waals surface area contributed by atoms with Gasteiger partial charge in [-0.25, -0.2) is 4.98 Å². The minimum Gasteiger partial charge on any atom is -0.394 e. The summed E-state index contributed by atoms with van der Waals surface area (Å²) in [4.78, 5) is 7.99. The zero-order valence-electron chi connectivity index (χ0n) is 8.85. The number of aryl methyl sites for hydroxylation is 1. The molecular weight excluding hydrogens is 200 g/mol. The number of nitrogens with two attached hydrogens (primary N) is 1. The summed E-state index contributed by atoms with van der Waals surface area (Å²) in [6, 6.07) is 0. The van der Waals surface area contributed by atoms with Gasteiger partial charge in [0.25, 0.3) is 0 Å². The van der Waals surface area contributed by atoms with Gasteiger partial charge < -0.3 is 11.1 Å². The minimum absolute atomic E-state index is 0.0990. The molecule has 0 bridgehead atoms. The monoisotopic (exact) mass is 214 g/mol. The van der Waals surface area contributed by atoms with Crippen LogP contribution in [0.15, 0.2) is 0 Å². The summed E-state index contributed by atoms with van der Waals surface area (Å²) in [6.45, 7) is 7.88. The number of hydrogen-bond donors (Lipinski definition) is 2. The third kappa shape index (κ3) is 2.73. The Morgan fingerprint density at radius 3 is 2.36 bits per heavy atom. The van der Waals surface area contributed by atoms with E-state index in [2.05, 4.69) is 15.3 Å². The fourth-order valence-corrected chi connectivity index (χ4v) is 1.21. The van der Waals surface area contributed by atoms with Crippen molar-refractivity contribution in [3.63, 3.8) is 0 Å². The number of halogens is 1. The molecule has 4 nitrogen and oxygen atoms in total. The summed E-state index contributed by atoms with van der Waals surface area (Å²) in [6.07, 6.45) is 0. The molecule has 1 aromatic heterocycles. The van der Waals surface area contributed by atoms with Gasteiger partial charge in [-0.15, -0.1) is 0 Å². The average Bonchev–Trinajstić information content (AvgIpc) is 1.96. The van der Waals surface area contributed by atoms with E-state index in [4.69, 9.17) is 17.3 Å². The van der Waals surface area contributed by atoms with Crippen molar-refractivity contribution in [2.45, 2.75) is 33.2 Å². The minimum atomic E-state index is -0.0990. The highest BCUT2D eigenvalue weighted by Gasteiger charge is 2.14. The predicted octanol–water partition coefficient (Wildman–Crippen LogP) is 2.23. The summed E-state index contributed by atoms with van der Waals surface area (Å²) in [5, 5.41) is 3.38. The maximum absolute atomic E-state index is 5.81. The van der Waals surface area contributed by atoms with E-state index in [1.807, 2.05) is 20.8 Å². The fraction of sp³-hybridized carbons (Fsp3) is 0.556. The number of rotatable bonds is 1. The zero-order valence-corrected chi connectivity index (χ0v) is 9.61. The van der Waals surface area contributed by atoms with Crippen LogP contribution in [0.1, 0.15) is 26.5 Å². The Bertz CT molecular complexity index is 343. The van der Waals surface area contributed by atoms with Gasteiger partial charge in [-0.1, -0.05) is 0 Å². The van der Waals surface area contributed by atoms with Crippen LogP contribution in [0.2, 0.25) is 5.28 Å². The van der Waals surface area contributed by atoms with E-state index in [1.54, 1.807) is 6.92 Å². The maximum Gasteiger partial charge on any atom is 0.224 e. The van der Waals surface area contributed by atoms with Crippen molar-refractivity contribution in [3.8, 4) is 0 Å². The lowest BCUT2D eigenvalue weighted by molar-refractivity contribution is 0.630. The Morgan fingerprint density at radius 2 is 1.86 bits per heavy atom. The Kier molecular flexibility index (Phi) is 2.85. The second kappa shape index (κ2) is 3.61. The molecule has 0 aliphatic carbocycles. The molecule has 14 heavy (non-hydrogen) atoms. The molecule has 0 radical (unpaired) electrons. The standard InChI is InChI=1S/C9H15ClN4/c1-5-6(11)7(13-8(10)12-5)14-9(2,3)4/h11H2,1-4H3,(H,12,13,14). The molecule has 5 heteroatoms. The molecule has 0 aromatic carbocycles. The quantitative estimate of drug-likeness (QED) is 0.704. The molecule has 0 spiro atoms. The van der Waals surface area contributed by atoms with Crippen LogP contribution in [0.4, 0.5) is 11.5 Å². The van der Waals surface area contributed by atoms with Gasteiger partial charge >= 0.3 is 0 Å². The van der Waals surface area contributed by atoms with Crippen molar-refractivity contribution in [1.29, 1.82) is 0 Å². The van der Waals surface area contributed by atoms with Crippen molar-refractivity contribution in [2.75, 3.05) is 11.1 Å². The van der Waals surface area contributed by atoms with Crippen molar-refractivity contribution in [1.82, 2.24) is 9.97 Å². The zero-order chi connectivity index (χ0) is 10.9. The predicted molar refractivity (Wildman–Crippen MR) is 59.6 cm³/mol. The van der Waals surface area contributed by atoms with Crippen LogP contribution in [0.5, 0.6) is 0 Å². The number of nitrogens with one attached hydrogen (secondary N) is 1. The van der Waals surface area contributed by atoms with E-state index in [0.29, 0.717) is 17.2 Å². The van der Waals surface area contributed by atoms with Crippen LogP contribution in [0, 0.1) is 6.92 Å². The summed E-state index contributed by atoms with van der Waals surface area (Å²) >= 11 is 5.73. The van der Waals surface area contributed by atoms with E-state index in [0.717, 1.165) is 0 Å². The van der Waals surface area contributed by atoms with Crippen molar-refractivity contribution < 1.29 is 0 Å². The Balaban J connectivity index is 3.09. The number of nitrogens with zero attached hydrogens (tertiary/aromatic N) is 2. The van der Waals surface area contributed by atoms with Gasteiger partial charge in [0.15, 0.2) is 5.82 Å². The molecule has 0 unspecified atom stereocenters. The van der Waals surface area contributed by atoms with Gasteiger partial charge in [0, 0.05) is 5.54 Å². The van der Waals surface area contributed by atoms with Gasteiger partial charge in [-0.3, -0.25) is 0 Å². The second-order valence-electron chi connectivity index (χ2n) is 4.22. The topological polar surface area (TPSA) is 63.8 Å². The third-order valence-corrected chi connectivity index (χ3v) is 1.77. The molecule has 0 amide bonds. The van der Waals surface area contributed by atoms with Gasteiger partial charge in [0.2, 0.25) is 5.28 Å². The maximum atomic E-state index is 5.81. The smallest absolute Gasteiger partial charge is 0.224 e. The van der Waals surface area contributed by atoms with Gasteiger partial charge in [-0.05, 0) is 39.3 Å². The van der Waals surface area contributed by atoms with Crippen LogP contribution in [-0.4, -0.2) is 15.5 Å². The first-order valence-electron chi connectivity index (χ1n) is 4.37. The first-order chi connectivity index (χ1) is 6.29. The molecule has 1 aromatic rings. The summed E-state index contributed by atoms with van der Waals surface area (Å²) in [7, 11) is 0. The van der Waals surface area contributed by atoms with Gasteiger partial charge in [0.05, 0.1) is 11.4 Å². The molecular formula is C9H15ClN4. The van der Waals surface area contributed by atoms with Crippen molar-refractivity contribution in [2.24, 2.45) is 0 Å². The van der Waals surface area contributed by atoms with E-state index < -0.39 is 0 Å². The lowest BCUT2D eigenvalue weighted by Crippen LogP contribution is -2.27. The van der Waals surface area contributed by atoms with Gasteiger partial charge in [0.1, 0.15) is 0 Å². The SMILES string of the molecule is Cc1nc(Cl)nc(NC(C)(C)C)c1N. The number of anilines is 2. The molecule has 78 valence electrons. The van der Waals surface area contributed by atoms with Crippen molar-refractivity contribution >= 4 is 23.1 Å². The highest BCUT2D eigenvalue weighted by molar-refractivity contribution is 6.28. The molecule has 1 heterocycles. The third-order valence-electron chi connectivity index (χ3n) is 1.60. The highest BCUT2D eigenvalue weighted by atomic mass is 35.5. The largest absolute Gasteiger partial charge is 0.394 e. The molecule has 0 aliphatic rings. The second-order valence-corrected chi connectivity index (χ2v) is 4.55.